The number of benzene rings is 2. The van der Waals surface area contributed by atoms with Crippen molar-refractivity contribution >= 4 is 23.6 Å². The van der Waals surface area contributed by atoms with Gasteiger partial charge in [0.15, 0.2) is 23.0 Å². The summed E-state index contributed by atoms with van der Waals surface area (Å²) in [6, 6.07) is 8.93. The molecule has 2 heterocycles. The van der Waals surface area contributed by atoms with Gasteiger partial charge in [0, 0.05) is 30.9 Å². The lowest BCUT2D eigenvalue weighted by Crippen LogP contribution is -2.30. The van der Waals surface area contributed by atoms with Crippen molar-refractivity contribution < 1.29 is 28.5 Å². The predicted octanol–water partition coefficient (Wildman–Crippen LogP) is 2.86. The highest BCUT2D eigenvalue weighted by Crippen LogP contribution is 2.33. The van der Waals surface area contributed by atoms with Crippen molar-refractivity contribution in [1.82, 2.24) is 4.90 Å². The Bertz CT molecular complexity index is 1030. The summed E-state index contributed by atoms with van der Waals surface area (Å²) in [6.45, 7) is 1.27. The molecule has 0 saturated carbocycles. The molecule has 8 heteroatoms. The molecule has 2 amide bonds. The summed E-state index contributed by atoms with van der Waals surface area (Å²) in [4.78, 5) is 26.7. The van der Waals surface area contributed by atoms with Crippen molar-refractivity contribution in [3.8, 4) is 23.0 Å². The van der Waals surface area contributed by atoms with Crippen LogP contribution in [0.4, 0.5) is 5.69 Å². The van der Waals surface area contributed by atoms with Crippen LogP contribution in [-0.2, 0) is 16.0 Å². The number of methoxy groups -OCH3 is 2. The van der Waals surface area contributed by atoms with Crippen LogP contribution in [-0.4, -0.2) is 50.7 Å². The van der Waals surface area contributed by atoms with Gasteiger partial charge in [-0.05, 0) is 41.5 Å². The van der Waals surface area contributed by atoms with Crippen LogP contribution in [0.25, 0.3) is 6.08 Å². The van der Waals surface area contributed by atoms with Gasteiger partial charge in [-0.1, -0.05) is 0 Å². The molecule has 4 rings (SSSR count). The van der Waals surface area contributed by atoms with E-state index in [1.807, 2.05) is 18.2 Å². The standard InChI is InChI=1S/C23H24N2O6/c1-28-19-11-15-5-7-25(23(27)13-16(15)12-20(19)29-2)8-6-22(26)24-17-3-4-18-21(14-17)31-10-9-30-18/h3-5,7,11-12,14H,6,8-10,13H2,1-2H3,(H,24,26). The molecular formula is C23H24N2O6. The summed E-state index contributed by atoms with van der Waals surface area (Å²) < 4.78 is 21.7. The number of nitrogens with one attached hydrogen (secondary N) is 1. The molecule has 0 radical (unpaired) electrons. The fraction of sp³-hybridized carbons (Fsp3) is 0.304. The topological polar surface area (TPSA) is 86.3 Å². The molecule has 0 spiro atoms. The maximum atomic E-state index is 12.7. The molecule has 162 valence electrons. The Morgan fingerprint density at radius 2 is 1.81 bits per heavy atom. The van der Waals surface area contributed by atoms with E-state index in [-0.39, 0.29) is 31.2 Å². The van der Waals surface area contributed by atoms with Gasteiger partial charge in [0.1, 0.15) is 13.2 Å². The van der Waals surface area contributed by atoms with E-state index in [0.717, 1.165) is 11.1 Å². The van der Waals surface area contributed by atoms with Crippen LogP contribution in [0, 0.1) is 0 Å². The summed E-state index contributed by atoms with van der Waals surface area (Å²) >= 11 is 0. The van der Waals surface area contributed by atoms with Gasteiger partial charge in [0.05, 0.1) is 20.6 Å². The lowest BCUT2D eigenvalue weighted by atomic mass is 10.0. The third-order valence-electron chi connectivity index (χ3n) is 5.15. The fourth-order valence-electron chi connectivity index (χ4n) is 3.53. The number of ether oxygens (including phenoxy) is 4. The minimum absolute atomic E-state index is 0.0886. The van der Waals surface area contributed by atoms with Gasteiger partial charge in [-0.25, -0.2) is 0 Å². The molecular weight excluding hydrogens is 400 g/mol. The first-order valence-corrected chi connectivity index (χ1v) is 9.99. The lowest BCUT2D eigenvalue weighted by Gasteiger charge is -2.19. The van der Waals surface area contributed by atoms with E-state index in [9.17, 15) is 9.59 Å². The van der Waals surface area contributed by atoms with E-state index in [4.69, 9.17) is 18.9 Å². The van der Waals surface area contributed by atoms with E-state index in [1.54, 1.807) is 43.5 Å². The Hall–Kier alpha value is -3.68. The second-order valence-electron chi connectivity index (χ2n) is 7.14. The van der Waals surface area contributed by atoms with Crippen LogP contribution in [0.5, 0.6) is 23.0 Å². The third kappa shape index (κ3) is 4.58. The van der Waals surface area contributed by atoms with E-state index in [0.29, 0.717) is 41.9 Å². The molecule has 2 aromatic carbocycles. The monoisotopic (exact) mass is 424 g/mol. The van der Waals surface area contributed by atoms with Gasteiger partial charge >= 0.3 is 0 Å². The zero-order chi connectivity index (χ0) is 21.8. The van der Waals surface area contributed by atoms with Crippen LogP contribution >= 0.6 is 0 Å². The normalized spacial score (nSPS) is 14.5. The number of fused-ring (bicyclic) bond motifs is 2. The van der Waals surface area contributed by atoms with E-state index < -0.39 is 0 Å². The Balaban J connectivity index is 1.38. The molecule has 2 aromatic rings. The number of hydrogen-bond acceptors (Lipinski definition) is 6. The molecule has 2 aliphatic rings. The minimum atomic E-state index is -0.192. The van der Waals surface area contributed by atoms with Gasteiger partial charge in [-0.2, -0.15) is 0 Å². The van der Waals surface area contributed by atoms with Gasteiger partial charge in [-0.15, -0.1) is 0 Å². The molecule has 0 bridgehead atoms. The maximum absolute atomic E-state index is 12.7. The SMILES string of the molecule is COc1cc2c(cc1OC)CC(=O)N(CCC(=O)Nc1ccc3c(c1)OCCO3)C=C2. The fourth-order valence-corrected chi connectivity index (χ4v) is 3.53. The number of carbonyl (C=O) groups excluding carboxylic acids is 2. The number of rotatable bonds is 6. The van der Waals surface area contributed by atoms with Crippen molar-refractivity contribution in [3.63, 3.8) is 0 Å². The van der Waals surface area contributed by atoms with Gasteiger partial charge in [0.25, 0.3) is 0 Å². The smallest absolute Gasteiger partial charge is 0.230 e. The molecule has 0 saturated heterocycles. The Kier molecular flexibility index (Phi) is 5.97. The summed E-state index contributed by atoms with van der Waals surface area (Å²) in [7, 11) is 3.13. The van der Waals surface area contributed by atoms with Crippen molar-refractivity contribution in [2.24, 2.45) is 0 Å². The average Bonchev–Trinajstić information content (AvgIpc) is 2.94. The van der Waals surface area contributed by atoms with Gasteiger partial charge in [0.2, 0.25) is 11.8 Å². The number of nitrogens with zero attached hydrogens (tertiary/aromatic N) is 1. The summed E-state index contributed by atoms with van der Waals surface area (Å²) in [5, 5.41) is 2.84. The van der Waals surface area contributed by atoms with Crippen LogP contribution in [0.3, 0.4) is 0 Å². The highest BCUT2D eigenvalue weighted by Gasteiger charge is 2.20. The molecule has 8 nitrogen and oxygen atoms in total. The first-order chi connectivity index (χ1) is 15.1. The van der Waals surface area contributed by atoms with Crippen LogP contribution in [0.2, 0.25) is 0 Å². The van der Waals surface area contributed by atoms with Crippen molar-refractivity contribution in [3.05, 3.63) is 47.7 Å². The van der Waals surface area contributed by atoms with Crippen molar-refractivity contribution in [2.75, 3.05) is 39.3 Å². The first kappa shape index (κ1) is 20.6. The van der Waals surface area contributed by atoms with Crippen LogP contribution < -0.4 is 24.3 Å². The zero-order valence-electron chi connectivity index (χ0n) is 17.5. The third-order valence-corrected chi connectivity index (χ3v) is 5.15. The summed E-state index contributed by atoms with van der Waals surface area (Å²) in [5.74, 6) is 2.17. The molecule has 31 heavy (non-hydrogen) atoms. The lowest BCUT2D eigenvalue weighted by molar-refractivity contribution is -0.128. The molecule has 0 aliphatic carbocycles. The highest BCUT2D eigenvalue weighted by atomic mass is 16.6. The molecule has 0 fully saturated rings. The number of carbonyl (C=O) groups is 2. The molecule has 0 atom stereocenters. The minimum Gasteiger partial charge on any atom is -0.493 e. The van der Waals surface area contributed by atoms with E-state index >= 15 is 0 Å². The number of anilines is 1. The molecule has 0 unspecified atom stereocenters. The number of hydrogen-bond donors (Lipinski definition) is 1. The van der Waals surface area contributed by atoms with Gasteiger partial charge < -0.3 is 29.2 Å². The second-order valence-corrected chi connectivity index (χ2v) is 7.14. The molecule has 2 aliphatic heterocycles. The van der Waals surface area contributed by atoms with Crippen LogP contribution in [0.15, 0.2) is 36.5 Å². The average molecular weight is 424 g/mol. The quantitative estimate of drug-likeness (QED) is 0.768. The molecule has 1 N–H and O–H groups in total. The number of amides is 2. The Morgan fingerprint density at radius 1 is 1.06 bits per heavy atom. The van der Waals surface area contributed by atoms with Crippen molar-refractivity contribution in [1.29, 1.82) is 0 Å². The second kappa shape index (κ2) is 8.99. The highest BCUT2D eigenvalue weighted by molar-refractivity contribution is 5.92. The summed E-state index contributed by atoms with van der Waals surface area (Å²) in [6.07, 6.45) is 3.93. The van der Waals surface area contributed by atoms with Gasteiger partial charge in [-0.3, -0.25) is 9.59 Å². The van der Waals surface area contributed by atoms with E-state index in [2.05, 4.69) is 5.32 Å². The van der Waals surface area contributed by atoms with Crippen LogP contribution in [0.1, 0.15) is 17.5 Å². The Morgan fingerprint density at radius 3 is 2.58 bits per heavy atom. The maximum Gasteiger partial charge on any atom is 0.230 e. The van der Waals surface area contributed by atoms with E-state index in [1.165, 1.54) is 0 Å². The predicted molar refractivity (Wildman–Crippen MR) is 115 cm³/mol. The first-order valence-electron chi connectivity index (χ1n) is 9.99. The zero-order valence-corrected chi connectivity index (χ0v) is 17.5. The Labute approximate surface area is 180 Å². The largest absolute Gasteiger partial charge is 0.493 e. The summed E-state index contributed by atoms with van der Waals surface area (Å²) in [5.41, 5.74) is 2.36. The van der Waals surface area contributed by atoms with Crippen molar-refractivity contribution in [2.45, 2.75) is 12.8 Å². The molecule has 0 aromatic heterocycles.